The molecular formula is C24H42Cl2N2. The summed E-state index contributed by atoms with van der Waals surface area (Å²) in [6.45, 7) is 0. The van der Waals surface area contributed by atoms with Gasteiger partial charge in [-0.3, -0.25) is 0 Å². The Morgan fingerprint density at radius 1 is 0.571 bits per heavy atom. The molecule has 0 heterocycles. The van der Waals surface area contributed by atoms with Crippen molar-refractivity contribution in [3.05, 3.63) is 0 Å². The van der Waals surface area contributed by atoms with Crippen LogP contribution < -0.4 is 34.6 Å². The zero-order chi connectivity index (χ0) is 18.9. The van der Waals surface area contributed by atoms with E-state index in [0.717, 1.165) is 12.8 Å². The van der Waals surface area contributed by atoms with Gasteiger partial charge in [0.2, 0.25) is 0 Å². The molecule has 2 aliphatic carbocycles. The molecule has 2 aliphatic rings. The number of halogens is 2. The predicted molar refractivity (Wildman–Crippen MR) is 111 cm³/mol. The third-order valence-electron chi connectivity index (χ3n) is 6.84. The quantitative estimate of drug-likeness (QED) is 0.329. The molecule has 0 spiro atoms. The van der Waals surface area contributed by atoms with Gasteiger partial charge in [0.25, 0.3) is 0 Å². The van der Waals surface area contributed by atoms with Crippen LogP contribution in [0, 0.1) is 23.7 Å². The molecule has 2 N–H and O–H groups in total. The second-order valence-electron chi connectivity index (χ2n) is 9.10. The first-order valence-corrected chi connectivity index (χ1v) is 11.1. The lowest BCUT2D eigenvalue weighted by Crippen LogP contribution is -3.15. The fourth-order valence-corrected chi connectivity index (χ4v) is 4.70. The maximum Gasteiger partial charge on any atom is 0.158 e. The van der Waals surface area contributed by atoms with Crippen LogP contribution in [0.2, 0.25) is 0 Å². The molecule has 0 unspecified atom stereocenters. The van der Waals surface area contributed by atoms with E-state index in [1.165, 1.54) is 86.8 Å². The second kappa shape index (κ2) is 13.8. The second-order valence-corrected chi connectivity index (χ2v) is 9.10. The van der Waals surface area contributed by atoms with E-state index in [4.69, 9.17) is 0 Å². The summed E-state index contributed by atoms with van der Waals surface area (Å²) in [6, 6.07) is 0. The lowest BCUT2D eigenvalue weighted by atomic mass is 9.81. The van der Waals surface area contributed by atoms with E-state index < -0.39 is 0 Å². The third kappa shape index (κ3) is 7.80. The molecule has 162 valence electrons. The number of rotatable bonds is 5. The largest absolute Gasteiger partial charge is 1.00 e. The van der Waals surface area contributed by atoms with Crippen LogP contribution in [0.5, 0.6) is 0 Å². The van der Waals surface area contributed by atoms with Gasteiger partial charge in [0.1, 0.15) is 0 Å². The van der Waals surface area contributed by atoms with Gasteiger partial charge in [-0.15, -0.1) is 0 Å². The van der Waals surface area contributed by atoms with E-state index in [0.29, 0.717) is 0 Å². The van der Waals surface area contributed by atoms with Gasteiger partial charge in [0.15, 0.2) is 11.1 Å². The van der Waals surface area contributed by atoms with Crippen molar-refractivity contribution < 1.29 is 34.6 Å². The van der Waals surface area contributed by atoms with Crippen LogP contribution in [-0.4, -0.2) is 39.3 Å². The van der Waals surface area contributed by atoms with Gasteiger partial charge < -0.3 is 34.6 Å². The van der Waals surface area contributed by atoms with E-state index in [2.05, 4.69) is 51.9 Å². The van der Waals surface area contributed by atoms with Crippen LogP contribution in [0.25, 0.3) is 0 Å². The molecule has 0 aromatic carbocycles. The number of unbranched alkanes of at least 4 members (excludes halogenated alkanes) is 3. The molecule has 2 fully saturated rings. The van der Waals surface area contributed by atoms with E-state index in [1.54, 1.807) is 0 Å². The fourth-order valence-electron chi connectivity index (χ4n) is 4.70. The summed E-state index contributed by atoms with van der Waals surface area (Å²) in [7, 11) is 9.12. The molecular weight excluding hydrogens is 387 g/mol. The highest BCUT2D eigenvalue weighted by molar-refractivity contribution is 5.15. The molecule has 2 saturated carbocycles. The topological polar surface area (TPSA) is 8.88 Å². The van der Waals surface area contributed by atoms with Crippen molar-refractivity contribution >= 4 is 0 Å². The predicted octanol–water partition coefficient (Wildman–Crippen LogP) is -3.74. The molecule has 0 aliphatic heterocycles. The minimum absolute atomic E-state index is 0. The van der Waals surface area contributed by atoms with Crippen molar-refractivity contribution in [1.82, 2.24) is 0 Å². The molecule has 28 heavy (non-hydrogen) atoms. The van der Waals surface area contributed by atoms with Gasteiger partial charge in [-0.05, 0) is 50.4 Å². The van der Waals surface area contributed by atoms with Gasteiger partial charge >= 0.3 is 0 Å². The summed E-state index contributed by atoms with van der Waals surface area (Å²) in [6.07, 6.45) is 17.8. The standard InChI is InChI=1S/C24H40N2.2ClH/c1-25(2)23(19-13-9-14-20-23)17-11-7-5-6-8-12-18-24(26(3)4)21-15-10-16-22-24;;/h5-10,13-16,19-22H2,1-4H3;2*1H. The van der Waals surface area contributed by atoms with Gasteiger partial charge in [0.05, 0.1) is 28.2 Å². The highest BCUT2D eigenvalue weighted by Gasteiger charge is 2.36. The summed E-state index contributed by atoms with van der Waals surface area (Å²) in [5.74, 6) is 14.4. The van der Waals surface area contributed by atoms with Crippen molar-refractivity contribution in [3.63, 3.8) is 0 Å². The Morgan fingerprint density at radius 3 is 1.18 bits per heavy atom. The average molecular weight is 430 g/mol. The number of hydrogen-bond donors (Lipinski definition) is 2. The van der Waals surface area contributed by atoms with Gasteiger partial charge in [-0.25, -0.2) is 0 Å². The Kier molecular flexibility index (Phi) is 13.6. The summed E-state index contributed by atoms with van der Waals surface area (Å²) in [4.78, 5) is 3.05. The smallest absolute Gasteiger partial charge is 0.158 e. The third-order valence-corrected chi connectivity index (χ3v) is 6.84. The van der Waals surface area contributed by atoms with Crippen LogP contribution in [0.4, 0.5) is 0 Å². The molecule has 0 aromatic heterocycles. The fraction of sp³-hybridized carbons (Fsp3) is 0.833. The first-order valence-electron chi connectivity index (χ1n) is 11.1. The minimum atomic E-state index is 0. The Labute approximate surface area is 187 Å². The molecule has 0 bridgehead atoms. The van der Waals surface area contributed by atoms with Crippen LogP contribution in [-0.2, 0) is 0 Å². The summed E-state index contributed by atoms with van der Waals surface area (Å²) < 4.78 is 0. The number of quaternary nitrogens is 2. The maximum absolute atomic E-state index is 3.67. The van der Waals surface area contributed by atoms with Crippen LogP contribution >= 0.6 is 0 Å². The van der Waals surface area contributed by atoms with Crippen LogP contribution in [0.15, 0.2) is 0 Å². The Hall–Kier alpha value is -0.380. The van der Waals surface area contributed by atoms with Crippen molar-refractivity contribution in [3.8, 4) is 23.7 Å². The zero-order valence-corrected chi connectivity index (χ0v) is 20.2. The summed E-state index contributed by atoms with van der Waals surface area (Å²) >= 11 is 0. The molecule has 2 nitrogen and oxygen atoms in total. The molecule has 0 radical (unpaired) electrons. The van der Waals surface area contributed by atoms with Crippen molar-refractivity contribution in [2.24, 2.45) is 0 Å². The number of hydrogen-bond acceptors (Lipinski definition) is 0. The van der Waals surface area contributed by atoms with E-state index in [1.807, 2.05) is 0 Å². The van der Waals surface area contributed by atoms with Gasteiger partial charge in [0, 0.05) is 38.5 Å². The average Bonchev–Trinajstić information content (AvgIpc) is 2.65. The van der Waals surface area contributed by atoms with E-state index in [-0.39, 0.29) is 35.9 Å². The first kappa shape index (κ1) is 27.6. The molecule has 4 heteroatoms. The van der Waals surface area contributed by atoms with Crippen LogP contribution in [0.3, 0.4) is 0 Å². The highest BCUT2D eigenvalue weighted by atomic mass is 35.5. The van der Waals surface area contributed by atoms with Crippen molar-refractivity contribution in [2.75, 3.05) is 28.2 Å². The van der Waals surface area contributed by atoms with Gasteiger partial charge in [-0.1, -0.05) is 24.7 Å². The Morgan fingerprint density at radius 2 is 0.893 bits per heavy atom. The molecule has 0 amide bonds. The Bertz CT molecular complexity index is 486. The van der Waals surface area contributed by atoms with Crippen LogP contribution in [0.1, 0.15) is 89.9 Å². The van der Waals surface area contributed by atoms with Gasteiger partial charge in [-0.2, -0.15) is 0 Å². The van der Waals surface area contributed by atoms with E-state index >= 15 is 0 Å². The number of nitrogens with one attached hydrogen (secondary N) is 2. The lowest BCUT2D eigenvalue weighted by molar-refractivity contribution is -0.907. The molecule has 2 rings (SSSR count). The minimum Gasteiger partial charge on any atom is -1.00 e. The lowest BCUT2D eigenvalue weighted by Gasteiger charge is -2.35. The zero-order valence-electron chi connectivity index (χ0n) is 18.7. The molecule has 0 atom stereocenters. The normalized spacial score (nSPS) is 20.1. The molecule has 0 saturated heterocycles. The maximum atomic E-state index is 3.67. The SMILES string of the molecule is C[NH+](C)C1(C#CCCCCC#CC2([NH+](C)C)CCCCC2)CCCCC1.[Cl-].[Cl-]. The van der Waals surface area contributed by atoms with Crippen molar-refractivity contribution in [2.45, 2.75) is 101 Å². The van der Waals surface area contributed by atoms with Crippen molar-refractivity contribution in [1.29, 1.82) is 0 Å². The first-order chi connectivity index (χ1) is 12.5. The molecule has 0 aromatic rings. The van der Waals surface area contributed by atoms with E-state index in [9.17, 15) is 0 Å². The highest BCUT2D eigenvalue weighted by Crippen LogP contribution is 2.25. The monoisotopic (exact) mass is 428 g/mol. The summed E-state index contributed by atoms with van der Waals surface area (Å²) in [5.41, 5.74) is 0.472. The Balaban J connectivity index is 0.00000364. The summed E-state index contributed by atoms with van der Waals surface area (Å²) in [5, 5.41) is 0.